The van der Waals surface area contributed by atoms with Gasteiger partial charge >= 0.3 is 0 Å². The van der Waals surface area contributed by atoms with Gasteiger partial charge in [-0.05, 0) is 55.2 Å². The highest BCUT2D eigenvalue weighted by Gasteiger charge is 2.39. The van der Waals surface area contributed by atoms with E-state index in [1.54, 1.807) is 0 Å². The molecular weight excluding hydrogens is 290 g/mol. The molecule has 18 heavy (non-hydrogen) atoms. The van der Waals surface area contributed by atoms with Gasteiger partial charge in [-0.3, -0.25) is 4.79 Å². The third-order valence-corrected chi connectivity index (χ3v) is 4.99. The predicted molar refractivity (Wildman–Crippen MR) is 75.4 cm³/mol. The largest absolute Gasteiger partial charge is 0.352 e. The summed E-state index contributed by atoms with van der Waals surface area (Å²) in [5, 5.41) is 3.09. The van der Waals surface area contributed by atoms with Crippen LogP contribution in [0.2, 0.25) is 0 Å². The fourth-order valence-corrected chi connectivity index (χ4v) is 3.98. The van der Waals surface area contributed by atoms with Gasteiger partial charge in [0.25, 0.3) is 5.91 Å². The molecular formula is C15H18BrNO. The van der Waals surface area contributed by atoms with Crippen molar-refractivity contribution in [1.82, 2.24) is 5.32 Å². The molecule has 1 aromatic rings. The molecule has 2 nitrogen and oxygen atoms in total. The van der Waals surface area contributed by atoms with Gasteiger partial charge in [0.05, 0.1) is 0 Å². The maximum Gasteiger partial charge on any atom is 0.251 e. The number of carbonyl (C=O) groups excluding carboxylic acids is 1. The van der Waals surface area contributed by atoms with Gasteiger partial charge in [0.2, 0.25) is 0 Å². The topological polar surface area (TPSA) is 29.1 Å². The molecule has 0 unspecified atom stereocenters. The summed E-state index contributed by atoms with van der Waals surface area (Å²) in [4.78, 5) is 12.0. The Kier molecular flexibility index (Phi) is 3.42. The summed E-state index contributed by atoms with van der Waals surface area (Å²) < 4.78 is 0.954. The van der Waals surface area contributed by atoms with Crippen molar-refractivity contribution in [2.75, 3.05) is 6.54 Å². The summed E-state index contributed by atoms with van der Waals surface area (Å²) in [7, 11) is 0. The van der Waals surface area contributed by atoms with Crippen LogP contribution in [-0.4, -0.2) is 12.5 Å². The van der Waals surface area contributed by atoms with E-state index in [9.17, 15) is 4.79 Å². The zero-order valence-corrected chi connectivity index (χ0v) is 11.9. The Morgan fingerprint density at radius 3 is 2.89 bits per heavy atom. The second-order valence-electron chi connectivity index (χ2n) is 5.66. The quantitative estimate of drug-likeness (QED) is 0.908. The number of fused-ring (bicyclic) bond motifs is 2. The number of carbonyl (C=O) groups is 1. The van der Waals surface area contributed by atoms with E-state index in [2.05, 4.69) is 21.2 Å². The average molecular weight is 308 g/mol. The molecule has 0 spiro atoms. The molecule has 0 saturated heterocycles. The first kappa shape index (κ1) is 12.2. The maximum absolute atomic E-state index is 12.0. The van der Waals surface area contributed by atoms with E-state index in [4.69, 9.17) is 0 Å². The van der Waals surface area contributed by atoms with Crippen LogP contribution >= 0.6 is 15.9 Å². The molecule has 1 aromatic carbocycles. The van der Waals surface area contributed by atoms with Crippen LogP contribution in [0.1, 0.15) is 36.0 Å². The van der Waals surface area contributed by atoms with E-state index in [1.807, 2.05) is 24.3 Å². The zero-order chi connectivity index (χ0) is 12.5. The van der Waals surface area contributed by atoms with Crippen molar-refractivity contribution in [3.8, 4) is 0 Å². The highest BCUT2D eigenvalue weighted by Crippen LogP contribution is 2.47. The van der Waals surface area contributed by atoms with Crippen LogP contribution in [0.4, 0.5) is 0 Å². The lowest BCUT2D eigenvalue weighted by Crippen LogP contribution is -2.31. The number of hydrogen-bond acceptors (Lipinski definition) is 1. The van der Waals surface area contributed by atoms with Gasteiger partial charge in [-0.1, -0.05) is 28.4 Å². The lowest BCUT2D eigenvalue weighted by Gasteiger charge is -2.21. The normalized spacial score (nSPS) is 29.5. The van der Waals surface area contributed by atoms with Crippen LogP contribution < -0.4 is 5.32 Å². The number of amides is 1. The van der Waals surface area contributed by atoms with Crippen LogP contribution in [0.5, 0.6) is 0 Å². The van der Waals surface area contributed by atoms with Gasteiger partial charge < -0.3 is 5.32 Å². The average Bonchev–Trinajstić information content (AvgIpc) is 2.98. The first-order chi connectivity index (χ1) is 8.72. The Bertz CT molecular complexity index is 460. The fraction of sp³-hybridized carbons (Fsp3) is 0.533. The minimum atomic E-state index is 0.0547. The second kappa shape index (κ2) is 5.04. The highest BCUT2D eigenvalue weighted by molar-refractivity contribution is 9.10. The Morgan fingerprint density at radius 1 is 1.33 bits per heavy atom. The van der Waals surface area contributed by atoms with E-state index in [0.717, 1.165) is 34.3 Å². The molecule has 2 aliphatic carbocycles. The lowest BCUT2D eigenvalue weighted by molar-refractivity contribution is 0.0941. The molecule has 3 rings (SSSR count). The smallest absolute Gasteiger partial charge is 0.251 e. The van der Waals surface area contributed by atoms with E-state index in [1.165, 1.54) is 25.7 Å². The fourth-order valence-electron chi connectivity index (χ4n) is 3.58. The summed E-state index contributed by atoms with van der Waals surface area (Å²) in [6.45, 7) is 0.854. The van der Waals surface area contributed by atoms with Gasteiger partial charge in [-0.2, -0.15) is 0 Å². The van der Waals surface area contributed by atoms with Gasteiger partial charge in [0.1, 0.15) is 0 Å². The standard InChI is InChI=1S/C15H18BrNO/c16-14-3-1-2-12(8-14)15(18)17-9-13-7-10-4-5-11(13)6-10/h1-3,8,10-11,13H,4-7,9H2,(H,17,18)/t10-,11-,13-/m0/s1. The molecule has 3 atom stereocenters. The molecule has 0 aliphatic heterocycles. The Hall–Kier alpha value is -0.830. The zero-order valence-electron chi connectivity index (χ0n) is 10.4. The predicted octanol–water partition coefficient (Wildman–Crippen LogP) is 3.62. The SMILES string of the molecule is O=C(NC[C@@H]1C[C@H]2CC[C@H]1C2)c1cccc(Br)c1. The minimum absolute atomic E-state index is 0.0547. The number of hydrogen-bond donors (Lipinski definition) is 1. The van der Waals surface area contributed by atoms with Crippen LogP contribution in [-0.2, 0) is 0 Å². The molecule has 0 heterocycles. The molecule has 96 valence electrons. The number of benzene rings is 1. The summed E-state index contributed by atoms with van der Waals surface area (Å²) >= 11 is 3.39. The maximum atomic E-state index is 12.0. The van der Waals surface area contributed by atoms with Crippen molar-refractivity contribution >= 4 is 21.8 Å². The van der Waals surface area contributed by atoms with Crippen molar-refractivity contribution in [1.29, 1.82) is 0 Å². The molecule has 2 aliphatic rings. The third-order valence-electron chi connectivity index (χ3n) is 4.50. The van der Waals surface area contributed by atoms with E-state index in [-0.39, 0.29) is 5.91 Å². The minimum Gasteiger partial charge on any atom is -0.352 e. The first-order valence-corrected chi connectivity index (χ1v) is 7.55. The van der Waals surface area contributed by atoms with E-state index in [0.29, 0.717) is 0 Å². The Labute approximate surface area is 116 Å². The van der Waals surface area contributed by atoms with Crippen LogP contribution in [0, 0.1) is 17.8 Å². The van der Waals surface area contributed by atoms with Gasteiger partial charge in [-0.25, -0.2) is 0 Å². The van der Waals surface area contributed by atoms with Crippen molar-refractivity contribution in [3.05, 3.63) is 34.3 Å². The highest BCUT2D eigenvalue weighted by atomic mass is 79.9. The van der Waals surface area contributed by atoms with Gasteiger partial charge in [-0.15, -0.1) is 0 Å². The summed E-state index contributed by atoms with van der Waals surface area (Å²) in [6, 6.07) is 7.57. The first-order valence-electron chi connectivity index (χ1n) is 6.76. The molecule has 1 N–H and O–H groups in total. The van der Waals surface area contributed by atoms with Crippen molar-refractivity contribution < 1.29 is 4.79 Å². The monoisotopic (exact) mass is 307 g/mol. The third kappa shape index (κ3) is 2.46. The number of nitrogens with one attached hydrogen (secondary N) is 1. The molecule has 2 saturated carbocycles. The van der Waals surface area contributed by atoms with Crippen LogP contribution in [0.15, 0.2) is 28.7 Å². The lowest BCUT2D eigenvalue weighted by atomic mass is 9.89. The summed E-state index contributed by atoms with van der Waals surface area (Å²) in [5.41, 5.74) is 0.743. The van der Waals surface area contributed by atoms with Crippen molar-refractivity contribution in [3.63, 3.8) is 0 Å². The van der Waals surface area contributed by atoms with E-state index >= 15 is 0 Å². The molecule has 3 heteroatoms. The Morgan fingerprint density at radius 2 is 2.22 bits per heavy atom. The second-order valence-corrected chi connectivity index (χ2v) is 6.57. The Balaban J connectivity index is 1.56. The van der Waals surface area contributed by atoms with Gasteiger partial charge in [0.15, 0.2) is 0 Å². The number of halogens is 1. The molecule has 0 aromatic heterocycles. The van der Waals surface area contributed by atoms with Crippen molar-refractivity contribution in [2.24, 2.45) is 17.8 Å². The van der Waals surface area contributed by atoms with Crippen molar-refractivity contribution in [2.45, 2.75) is 25.7 Å². The molecule has 2 bridgehead atoms. The van der Waals surface area contributed by atoms with Gasteiger partial charge in [0, 0.05) is 16.6 Å². The number of rotatable bonds is 3. The summed E-state index contributed by atoms with van der Waals surface area (Å²) in [6.07, 6.45) is 5.52. The molecule has 0 radical (unpaired) electrons. The van der Waals surface area contributed by atoms with Crippen LogP contribution in [0.3, 0.4) is 0 Å². The summed E-state index contributed by atoms with van der Waals surface area (Å²) in [5.74, 6) is 2.60. The molecule has 2 fully saturated rings. The molecule has 1 amide bonds. The van der Waals surface area contributed by atoms with E-state index < -0.39 is 0 Å². The van der Waals surface area contributed by atoms with Crippen LogP contribution in [0.25, 0.3) is 0 Å².